The van der Waals surface area contributed by atoms with Crippen LogP contribution in [0.25, 0.3) is 0 Å². The van der Waals surface area contributed by atoms with Crippen LogP contribution in [0.3, 0.4) is 0 Å². The van der Waals surface area contributed by atoms with Crippen molar-refractivity contribution in [2.24, 2.45) is 0 Å². The average molecular weight is 346 g/mol. The molecule has 0 bridgehead atoms. The number of rotatable bonds is 5. The zero-order valence-corrected chi connectivity index (χ0v) is 14.8. The van der Waals surface area contributed by atoms with Crippen molar-refractivity contribution < 1.29 is 9.53 Å². The molecule has 0 atom stereocenters. The summed E-state index contributed by atoms with van der Waals surface area (Å²) in [6.07, 6.45) is 3.75. The minimum Gasteiger partial charge on any atom is -0.491 e. The number of benzene rings is 1. The first kappa shape index (κ1) is 16.7. The Morgan fingerprint density at radius 3 is 2.58 bits per heavy atom. The van der Waals surface area contributed by atoms with Crippen LogP contribution in [0, 0.1) is 0 Å². The molecule has 0 unspecified atom stereocenters. The van der Waals surface area contributed by atoms with Gasteiger partial charge in [-0.15, -0.1) is 0 Å². The zero-order chi connectivity index (χ0) is 16.9. The van der Waals surface area contributed by atoms with Gasteiger partial charge in [-0.05, 0) is 51.0 Å². The minimum atomic E-state index is -0.0279. The van der Waals surface area contributed by atoms with Gasteiger partial charge in [-0.3, -0.25) is 4.79 Å². The van der Waals surface area contributed by atoms with Gasteiger partial charge in [0.25, 0.3) is 5.91 Å². The summed E-state index contributed by atoms with van der Waals surface area (Å²) in [4.78, 5) is 14.6. The van der Waals surface area contributed by atoms with E-state index in [0.29, 0.717) is 5.56 Å². The maximum absolute atomic E-state index is 12.4. The summed E-state index contributed by atoms with van der Waals surface area (Å²) in [5.41, 5.74) is 0.664. The Morgan fingerprint density at radius 1 is 1.29 bits per heavy atom. The van der Waals surface area contributed by atoms with Crippen LogP contribution >= 0.6 is 11.7 Å². The third-order valence-corrected chi connectivity index (χ3v) is 4.46. The standard InChI is InChI=1S/C17H22N4O2S/c1-12(2)23-15-5-3-13(4-6-15)17(22)19-14-7-9-21(10-8-14)16-11-18-24-20-16/h3-6,11-12,14H,7-10H2,1-2H3,(H,19,22). The molecule has 1 saturated heterocycles. The van der Waals surface area contributed by atoms with E-state index >= 15 is 0 Å². The molecule has 3 rings (SSSR count). The SMILES string of the molecule is CC(C)Oc1ccc(C(=O)NC2CCN(c3cnsn3)CC2)cc1. The summed E-state index contributed by atoms with van der Waals surface area (Å²) in [5.74, 6) is 1.69. The first-order valence-corrected chi connectivity index (χ1v) is 8.95. The zero-order valence-electron chi connectivity index (χ0n) is 13.9. The van der Waals surface area contributed by atoms with Crippen molar-refractivity contribution in [3.05, 3.63) is 36.0 Å². The number of hydrogen-bond donors (Lipinski definition) is 1. The Bertz CT molecular complexity index is 650. The Balaban J connectivity index is 1.50. The number of amides is 1. The fourth-order valence-corrected chi connectivity index (χ4v) is 3.21. The van der Waals surface area contributed by atoms with Gasteiger partial charge in [-0.25, -0.2) is 0 Å². The first-order chi connectivity index (χ1) is 11.6. The molecule has 1 amide bonds. The number of carbonyl (C=O) groups excluding carboxylic acids is 1. The highest BCUT2D eigenvalue weighted by Gasteiger charge is 2.22. The topological polar surface area (TPSA) is 67.3 Å². The highest BCUT2D eigenvalue weighted by molar-refractivity contribution is 6.99. The fraction of sp³-hybridized carbons (Fsp3) is 0.471. The van der Waals surface area contributed by atoms with Gasteiger partial charge in [0.15, 0.2) is 5.82 Å². The lowest BCUT2D eigenvalue weighted by Gasteiger charge is -2.32. The molecule has 0 spiro atoms. The molecule has 0 aliphatic carbocycles. The van der Waals surface area contributed by atoms with Crippen LogP contribution in [0.4, 0.5) is 5.82 Å². The van der Waals surface area contributed by atoms with Gasteiger partial charge in [-0.1, -0.05) is 0 Å². The van der Waals surface area contributed by atoms with Crippen LogP contribution < -0.4 is 15.0 Å². The normalized spacial score (nSPS) is 15.5. The van der Waals surface area contributed by atoms with E-state index in [1.165, 1.54) is 11.7 Å². The number of piperidine rings is 1. The number of ether oxygens (including phenoxy) is 1. The molecule has 1 aliphatic rings. The van der Waals surface area contributed by atoms with E-state index in [-0.39, 0.29) is 18.1 Å². The van der Waals surface area contributed by atoms with Crippen LogP contribution in [-0.2, 0) is 0 Å². The smallest absolute Gasteiger partial charge is 0.251 e. The van der Waals surface area contributed by atoms with Crippen LogP contribution in [0.5, 0.6) is 5.75 Å². The molecule has 2 aromatic rings. The number of aromatic nitrogens is 2. The molecule has 1 aromatic carbocycles. The van der Waals surface area contributed by atoms with E-state index in [9.17, 15) is 4.79 Å². The molecule has 24 heavy (non-hydrogen) atoms. The molecule has 1 fully saturated rings. The number of nitrogens with zero attached hydrogens (tertiary/aromatic N) is 3. The van der Waals surface area contributed by atoms with Crippen molar-refractivity contribution in [3.8, 4) is 5.75 Å². The van der Waals surface area contributed by atoms with Crippen molar-refractivity contribution in [1.29, 1.82) is 0 Å². The highest BCUT2D eigenvalue weighted by Crippen LogP contribution is 2.19. The maximum atomic E-state index is 12.4. The van der Waals surface area contributed by atoms with E-state index in [1.807, 2.05) is 38.1 Å². The second-order valence-corrected chi connectivity index (χ2v) is 6.75. The van der Waals surface area contributed by atoms with Gasteiger partial charge in [0.1, 0.15) is 5.75 Å². The lowest BCUT2D eigenvalue weighted by molar-refractivity contribution is 0.0931. The molecule has 7 heteroatoms. The van der Waals surface area contributed by atoms with Gasteiger partial charge in [-0.2, -0.15) is 8.75 Å². The molecule has 1 aliphatic heterocycles. The van der Waals surface area contributed by atoms with Crippen LogP contribution in [0.2, 0.25) is 0 Å². The van der Waals surface area contributed by atoms with E-state index in [4.69, 9.17) is 4.74 Å². The van der Waals surface area contributed by atoms with Gasteiger partial charge in [0.2, 0.25) is 0 Å². The largest absolute Gasteiger partial charge is 0.491 e. The molecule has 128 valence electrons. The maximum Gasteiger partial charge on any atom is 0.251 e. The monoisotopic (exact) mass is 346 g/mol. The van der Waals surface area contributed by atoms with Gasteiger partial charge in [0.05, 0.1) is 24.0 Å². The summed E-state index contributed by atoms with van der Waals surface area (Å²) >= 11 is 1.22. The molecular weight excluding hydrogens is 324 g/mol. The third kappa shape index (κ3) is 4.23. The van der Waals surface area contributed by atoms with E-state index in [1.54, 1.807) is 6.20 Å². The first-order valence-electron chi connectivity index (χ1n) is 8.22. The predicted molar refractivity (Wildman–Crippen MR) is 94.8 cm³/mol. The van der Waals surface area contributed by atoms with E-state index in [0.717, 1.165) is 37.5 Å². The summed E-state index contributed by atoms with van der Waals surface area (Å²) in [5, 5.41) is 3.12. The second-order valence-electron chi connectivity index (χ2n) is 6.19. The van der Waals surface area contributed by atoms with E-state index < -0.39 is 0 Å². The van der Waals surface area contributed by atoms with Crippen molar-refractivity contribution in [3.63, 3.8) is 0 Å². The van der Waals surface area contributed by atoms with Gasteiger partial charge in [0, 0.05) is 24.7 Å². The lowest BCUT2D eigenvalue weighted by atomic mass is 10.0. The number of carbonyl (C=O) groups is 1. The Labute approximate surface area is 146 Å². The van der Waals surface area contributed by atoms with Crippen molar-refractivity contribution >= 4 is 23.5 Å². The minimum absolute atomic E-state index is 0.0279. The lowest BCUT2D eigenvalue weighted by Crippen LogP contribution is -2.44. The molecule has 1 N–H and O–H groups in total. The Kier molecular flexibility index (Phi) is 5.30. The molecule has 0 saturated carbocycles. The summed E-state index contributed by atoms with van der Waals surface area (Å²) in [7, 11) is 0. The predicted octanol–water partition coefficient (Wildman–Crippen LogP) is 2.72. The summed E-state index contributed by atoms with van der Waals surface area (Å²) < 4.78 is 13.9. The van der Waals surface area contributed by atoms with Crippen LogP contribution in [0.1, 0.15) is 37.0 Å². The average Bonchev–Trinajstić information content (AvgIpc) is 3.10. The Hall–Kier alpha value is -2.15. The third-order valence-electron chi connectivity index (χ3n) is 3.99. The van der Waals surface area contributed by atoms with Gasteiger partial charge < -0.3 is 15.0 Å². The number of anilines is 1. The highest BCUT2D eigenvalue weighted by atomic mass is 32.1. The summed E-state index contributed by atoms with van der Waals surface area (Å²) in [6, 6.07) is 7.50. The van der Waals surface area contributed by atoms with Gasteiger partial charge >= 0.3 is 0 Å². The van der Waals surface area contributed by atoms with Crippen molar-refractivity contribution in [2.45, 2.75) is 38.8 Å². The molecule has 6 nitrogen and oxygen atoms in total. The second kappa shape index (κ2) is 7.61. The van der Waals surface area contributed by atoms with Crippen LogP contribution in [0.15, 0.2) is 30.5 Å². The molecule has 2 heterocycles. The quantitative estimate of drug-likeness (QED) is 0.902. The molecular formula is C17H22N4O2S. The number of hydrogen-bond acceptors (Lipinski definition) is 6. The van der Waals surface area contributed by atoms with Crippen molar-refractivity contribution in [2.75, 3.05) is 18.0 Å². The fourth-order valence-electron chi connectivity index (χ4n) is 2.78. The number of nitrogens with one attached hydrogen (secondary N) is 1. The van der Waals surface area contributed by atoms with Crippen LogP contribution in [-0.4, -0.2) is 39.9 Å². The Morgan fingerprint density at radius 2 is 2.00 bits per heavy atom. The molecule has 0 radical (unpaired) electrons. The summed E-state index contributed by atoms with van der Waals surface area (Å²) in [6.45, 7) is 5.73. The van der Waals surface area contributed by atoms with Crippen molar-refractivity contribution in [1.82, 2.24) is 14.1 Å². The molecule has 1 aromatic heterocycles. The van der Waals surface area contributed by atoms with E-state index in [2.05, 4.69) is 19.0 Å².